The molecule has 4 aromatic rings. The fourth-order valence-electron chi connectivity index (χ4n) is 6.16. The molecule has 2 aliphatic heterocycles. The highest BCUT2D eigenvalue weighted by Crippen LogP contribution is 2.50. The van der Waals surface area contributed by atoms with E-state index in [1.807, 2.05) is 18.3 Å². The van der Waals surface area contributed by atoms with Crippen molar-refractivity contribution in [2.75, 3.05) is 31.7 Å². The van der Waals surface area contributed by atoms with Crippen LogP contribution in [0.15, 0.2) is 107 Å². The fraction of sp³-hybridized carbons (Fsp3) is 0.229. The average Bonchev–Trinajstić information content (AvgIpc) is 3.00. The van der Waals surface area contributed by atoms with E-state index in [0.717, 1.165) is 41.7 Å². The number of hydrogen-bond donors (Lipinski definition) is 0. The molecule has 0 radical (unpaired) electrons. The monoisotopic (exact) mass is 592 g/mol. The molecule has 0 spiro atoms. The summed E-state index contributed by atoms with van der Waals surface area (Å²) >= 11 is 3.64. The number of anilines is 1. The average molecular weight is 594 g/mol. The number of benzene rings is 4. The van der Waals surface area contributed by atoms with Crippen LogP contribution < -0.4 is 14.4 Å². The van der Waals surface area contributed by atoms with Crippen LogP contribution in [0.4, 0.5) is 11.4 Å². The first-order valence-corrected chi connectivity index (χ1v) is 14.6. The predicted octanol–water partition coefficient (Wildman–Crippen LogP) is 8.65. The molecule has 0 saturated carbocycles. The largest absolute Gasteiger partial charge is 0.493 e. The van der Waals surface area contributed by atoms with Crippen molar-refractivity contribution in [2.24, 2.45) is 4.99 Å². The van der Waals surface area contributed by atoms with Gasteiger partial charge >= 0.3 is 0 Å². The Morgan fingerprint density at radius 2 is 1.50 bits per heavy atom. The van der Waals surface area contributed by atoms with Crippen LogP contribution in [0.25, 0.3) is 0 Å². The number of rotatable bonds is 8. The van der Waals surface area contributed by atoms with Crippen molar-refractivity contribution in [3.8, 4) is 11.5 Å². The minimum atomic E-state index is 0.353. The molecule has 4 aromatic carbocycles. The zero-order valence-electron chi connectivity index (χ0n) is 22.7. The molecule has 0 N–H and O–H groups in total. The maximum atomic E-state index is 5.80. The molecule has 2 atom stereocenters. The maximum absolute atomic E-state index is 5.80. The molecule has 0 fully saturated rings. The third-order valence-corrected chi connectivity index (χ3v) is 8.55. The highest BCUT2D eigenvalue weighted by atomic mass is 79.9. The van der Waals surface area contributed by atoms with E-state index in [4.69, 9.17) is 14.5 Å². The summed E-state index contributed by atoms with van der Waals surface area (Å²) in [7, 11) is 1.65. The SMILES string of the molecule is C=CCOc1c(Br)cc(C=Nc2cc3c4c(c2)C(c2ccccc2)CCN4CCC3c2ccccc2)cc1OC. The van der Waals surface area contributed by atoms with Crippen molar-refractivity contribution in [3.05, 3.63) is 130 Å². The second-order valence-electron chi connectivity index (χ2n) is 10.4. The lowest BCUT2D eigenvalue weighted by atomic mass is 9.76. The van der Waals surface area contributed by atoms with Crippen LogP contribution in [-0.2, 0) is 0 Å². The van der Waals surface area contributed by atoms with Gasteiger partial charge in [-0.3, -0.25) is 4.99 Å². The molecule has 40 heavy (non-hydrogen) atoms. The minimum absolute atomic E-state index is 0.353. The first-order valence-electron chi connectivity index (χ1n) is 13.8. The third kappa shape index (κ3) is 5.18. The Balaban J connectivity index is 1.45. The minimum Gasteiger partial charge on any atom is -0.493 e. The first kappa shape index (κ1) is 26.4. The lowest BCUT2D eigenvalue weighted by Crippen LogP contribution is -2.37. The van der Waals surface area contributed by atoms with Gasteiger partial charge in [0.25, 0.3) is 0 Å². The van der Waals surface area contributed by atoms with Gasteiger partial charge in [0.15, 0.2) is 11.5 Å². The summed E-state index contributed by atoms with van der Waals surface area (Å²) in [5.41, 5.74) is 8.83. The van der Waals surface area contributed by atoms with E-state index in [-0.39, 0.29) is 0 Å². The van der Waals surface area contributed by atoms with Gasteiger partial charge in [-0.15, -0.1) is 0 Å². The summed E-state index contributed by atoms with van der Waals surface area (Å²) in [6, 6.07) is 30.4. The molecule has 202 valence electrons. The molecule has 0 amide bonds. The third-order valence-electron chi connectivity index (χ3n) is 7.96. The number of methoxy groups -OCH3 is 1. The molecule has 4 nitrogen and oxygen atoms in total. The van der Waals surface area contributed by atoms with Crippen molar-refractivity contribution in [1.29, 1.82) is 0 Å². The zero-order valence-corrected chi connectivity index (χ0v) is 24.3. The molecule has 0 bridgehead atoms. The van der Waals surface area contributed by atoms with Gasteiger partial charge in [0.05, 0.1) is 17.3 Å². The van der Waals surface area contributed by atoms with Gasteiger partial charge in [-0.05, 0) is 80.9 Å². The van der Waals surface area contributed by atoms with E-state index < -0.39 is 0 Å². The Morgan fingerprint density at radius 1 is 0.900 bits per heavy atom. The van der Waals surface area contributed by atoms with Gasteiger partial charge in [-0.1, -0.05) is 73.3 Å². The molecule has 2 unspecified atom stereocenters. The molecule has 2 aliphatic rings. The van der Waals surface area contributed by atoms with Crippen LogP contribution in [0.3, 0.4) is 0 Å². The number of aliphatic imine (C=N–C) groups is 1. The normalized spacial score (nSPS) is 17.9. The smallest absolute Gasteiger partial charge is 0.175 e. The van der Waals surface area contributed by atoms with Crippen molar-refractivity contribution in [2.45, 2.75) is 24.7 Å². The summed E-state index contributed by atoms with van der Waals surface area (Å²) in [6.07, 6.45) is 5.85. The first-order chi connectivity index (χ1) is 19.7. The lowest BCUT2D eigenvalue weighted by molar-refractivity contribution is 0.324. The van der Waals surface area contributed by atoms with E-state index in [0.29, 0.717) is 29.9 Å². The summed E-state index contributed by atoms with van der Waals surface area (Å²) in [4.78, 5) is 7.63. The number of hydrogen-bond acceptors (Lipinski definition) is 4. The van der Waals surface area contributed by atoms with Crippen LogP contribution >= 0.6 is 15.9 Å². The van der Waals surface area contributed by atoms with Crippen molar-refractivity contribution in [1.82, 2.24) is 0 Å². The van der Waals surface area contributed by atoms with Crippen LogP contribution in [0.5, 0.6) is 11.5 Å². The van der Waals surface area contributed by atoms with Gasteiger partial charge < -0.3 is 14.4 Å². The van der Waals surface area contributed by atoms with E-state index in [2.05, 4.69) is 100 Å². The molecule has 2 heterocycles. The van der Waals surface area contributed by atoms with Crippen LogP contribution in [-0.4, -0.2) is 33.0 Å². The van der Waals surface area contributed by atoms with Gasteiger partial charge in [-0.25, -0.2) is 0 Å². The standard InChI is InChI=1S/C35H33BrN2O2/c1-3-18-40-35-32(36)19-24(20-33(35)39-2)23-37-27-21-30-28(25-10-6-4-7-11-25)14-16-38-17-15-29(31(22-27)34(30)38)26-12-8-5-9-13-26/h3-13,19-23,28-29H,1,14-18H2,2H3. The summed E-state index contributed by atoms with van der Waals surface area (Å²) in [6.45, 7) is 6.31. The quantitative estimate of drug-likeness (QED) is 0.152. The second-order valence-corrected chi connectivity index (χ2v) is 11.2. The molecule has 5 heteroatoms. The molecule has 6 rings (SSSR count). The maximum Gasteiger partial charge on any atom is 0.175 e. The van der Waals surface area contributed by atoms with E-state index >= 15 is 0 Å². The molecule has 0 aromatic heterocycles. The summed E-state index contributed by atoms with van der Waals surface area (Å²) in [5, 5.41) is 0. The second kappa shape index (κ2) is 11.7. The van der Waals surface area contributed by atoms with Crippen LogP contribution in [0.1, 0.15) is 52.5 Å². The van der Waals surface area contributed by atoms with Crippen molar-refractivity contribution >= 4 is 33.5 Å². The predicted molar refractivity (Wildman–Crippen MR) is 168 cm³/mol. The summed E-state index contributed by atoms with van der Waals surface area (Å²) in [5.74, 6) is 2.02. The number of nitrogens with zero attached hydrogens (tertiary/aromatic N) is 2. The van der Waals surface area contributed by atoms with E-state index in [9.17, 15) is 0 Å². The summed E-state index contributed by atoms with van der Waals surface area (Å²) < 4.78 is 12.2. The Kier molecular flexibility index (Phi) is 7.74. The van der Waals surface area contributed by atoms with Gasteiger partial charge in [-0.2, -0.15) is 0 Å². The Bertz CT molecular complexity index is 1460. The van der Waals surface area contributed by atoms with Crippen LogP contribution in [0.2, 0.25) is 0 Å². The Hall–Kier alpha value is -3.83. The van der Waals surface area contributed by atoms with Gasteiger partial charge in [0.1, 0.15) is 6.61 Å². The number of halogens is 1. The van der Waals surface area contributed by atoms with Gasteiger partial charge in [0, 0.05) is 36.8 Å². The molecular weight excluding hydrogens is 560 g/mol. The topological polar surface area (TPSA) is 34.1 Å². The molecular formula is C35H33BrN2O2. The Labute approximate surface area is 245 Å². The van der Waals surface area contributed by atoms with Crippen LogP contribution in [0, 0.1) is 0 Å². The lowest BCUT2D eigenvalue weighted by Gasteiger charge is -2.43. The van der Waals surface area contributed by atoms with Gasteiger partial charge in [0.2, 0.25) is 0 Å². The Morgan fingerprint density at radius 3 is 2.05 bits per heavy atom. The molecule has 0 aliphatic carbocycles. The van der Waals surface area contributed by atoms with Crippen molar-refractivity contribution < 1.29 is 9.47 Å². The van der Waals surface area contributed by atoms with Crippen molar-refractivity contribution in [3.63, 3.8) is 0 Å². The number of ether oxygens (including phenoxy) is 2. The highest BCUT2D eigenvalue weighted by Gasteiger charge is 2.35. The molecule has 0 saturated heterocycles. The highest BCUT2D eigenvalue weighted by molar-refractivity contribution is 9.10. The van der Waals surface area contributed by atoms with E-state index in [1.54, 1.807) is 13.2 Å². The van der Waals surface area contributed by atoms with E-state index in [1.165, 1.54) is 27.9 Å². The fourth-order valence-corrected chi connectivity index (χ4v) is 6.73. The zero-order chi connectivity index (χ0) is 27.5.